The number of carboxylic acids is 1. The minimum absolute atomic E-state index is 0.0417. The Bertz CT molecular complexity index is 639. The molecule has 0 aliphatic carbocycles. The highest BCUT2D eigenvalue weighted by Gasteiger charge is 2.17. The monoisotopic (exact) mass is 301 g/mol. The van der Waals surface area contributed by atoms with E-state index in [1.807, 2.05) is 19.2 Å². The van der Waals surface area contributed by atoms with Gasteiger partial charge in [-0.2, -0.15) is 5.10 Å². The Labute approximate surface area is 131 Å². The van der Waals surface area contributed by atoms with Crippen LogP contribution in [0.15, 0.2) is 30.3 Å². The molecule has 0 atom stereocenters. The third-order valence-electron chi connectivity index (χ3n) is 3.49. The number of hydrogen-bond donors (Lipinski definition) is 2. The van der Waals surface area contributed by atoms with Gasteiger partial charge in [0.2, 0.25) is 0 Å². The highest BCUT2D eigenvalue weighted by Crippen LogP contribution is 2.20. The third kappa shape index (κ3) is 4.18. The standard InChI is InChI=1S/C17H23N3O2/c1-17(2,3)15-9-14(18-19-15)11-20(4)10-12-5-7-13(8-6-12)16(21)22/h5-9H,10-11H2,1-4H3,(H,18,19)(H,21,22). The maximum atomic E-state index is 10.8. The number of rotatable bonds is 5. The zero-order valence-corrected chi connectivity index (χ0v) is 13.6. The van der Waals surface area contributed by atoms with Gasteiger partial charge in [0.1, 0.15) is 0 Å². The van der Waals surface area contributed by atoms with Crippen molar-refractivity contribution in [2.45, 2.75) is 39.3 Å². The number of aromatic nitrogens is 2. The predicted molar refractivity (Wildman–Crippen MR) is 85.9 cm³/mol. The van der Waals surface area contributed by atoms with Crippen LogP contribution in [0.5, 0.6) is 0 Å². The van der Waals surface area contributed by atoms with E-state index in [1.54, 1.807) is 12.1 Å². The average molecular weight is 301 g/mol. The van der Waals surface area contributed by atoms with Gasteiger partial charge in [-0.05, 0) is 30.8 Å². The molecule has 5 nitrogen and oxygen atoms in total. The lowest BCUT2D eigenvalue weighted by molar-refractivity contribution is 0.0697. The van der Waals surface area contributed by atoms with Crippen molar-refractivity contribution >= 4 is 5.97 Å². The number of aromatic amines is 1. The van der Waals surface area contributed by atoms with Crippen molar-refractivity contribution in [2.75, 3.05) is 7.05 Å². The summed E-state index contributed by atoms with van der Waals surface area (Å²) in [6.07, 6.45) is 0. The minimum atomic E-state index is -0.896. The van der Waals surface area contributed by atoms with Gasteiger partial charge in [0.15, 0.2) is 0 Å². The summed E-state index contributed by atoms with van der Waals surface area (Å²) in [5.41, 5.74) is 3.58. The summed E-state index contributed by atoms with van der Waals surface area (Å²) in [7, 11) is 2.03. The highest BCUT2D eigenvalue weighted by atomic mass is 16.4. The lowest BCUT2D eigenvalue weighted by Gasteiger charge is -2.16. The molecular weight excluding hydrogens is 278 g/mol. The van der Waals surface area contributed by atoms with Gasteiger partial charge in [0.25, 0.3) is 0 Å². The molecule has 0 radical (unpaired) electrons. The second-order valence-corrected chi connectivity index (χ2v) is 6.70. The van der Waals surface area contributed by atoms with Gasteiger partial charge in [-0.1, -0.05) is 32.9 Å². The Kier molecular flexibility index (Phi) is 4.66. The summed E-state index contributed by atoms with van der Waals surface area (Å²) in [5.74, 6) is -0.896. The van der Waals surface area contributed by atoms with Crippen molar-refractivity contribution in [3.63, 3.8) is 0 Å². The molecule has 22 heavy (non-hydrogen) atoms. The molecule has 2 rings (SSSR count). The molecule has 0 spiro atoms. The first kappa shape index (κ1) is 16.2. The molecule has 0 unspecified atom stereocenters. The lowest BCUT2D eigenvalue weighted by Crippen LogP contribution is -2.17. The van der Waals surface area contributed by atoms with E-state index in [1.165, 1.54) is 0 Å². The highest BCUT2D eigenvalue weighted by molar-refractivity contribution is 5.87. The Morgan fingerprint density at radius 3 is 2.36 bits per heavy atom. The summed E-state index contributed by atoms with van der Waals surface area (Å²) in [6, 6.07) is 9.09. The second-order valence-electron chi connectivity index (χ2n) is 6.70. The van der Waals surface area contributed by atoms with E-state index in [0.29, 0.717) is 5.56 Å². The molecule has 2 aromatic rings. The van der Waals surface area contributed by atoms with Crippen molar-refractivity contribution in [2.24, 2.45) is 0 Å². The van der Waals surface area contributed by atoms with Gasteiger partial charge in [0.05, 0.1) is 11.3 Å². The largest absolute Gasteiger partial charge is 0.478 e. The normalized spacial score (nSPS) is 11.9. The fourth-order valence-corrected chi connectivity index (χ4v) is 2.24. The van der Waals surface area contributed by atoms with Crippen LogP contribution in [0.4, 0.5) is 0 Å². The molecule has 2 N–H and O–H groups in total. The molecule has 1 heterocycles. The van der Waals surface area contributed by atoms with E-state index >= 15 is 0 Å². The molecule has 0 aliphatic heterocycles. The zero-order chi connectivity index (χ0) is 16.3. The van der Waals surface area contributed by atoms with Crippen molar-refractivity contribution in [3.05, 3.63) is 52.8 Å². The Morgan fingerprint density at radius 2 is 1.86 bits per heavy atom. The summed E-state index contributed by atoms with van der Waals surface area (Å²) < 4.78 is 0. The van der Waals surface area contributed by atoms with Crippen LogP contribution >= 0.6 is 0 Å². The van der Waals surface area contributed by atoms with E-state index in [9.17, 15) is 4.79 Å². The number of H-pyrrole nitrogens is 1. The lowest BCUT2D eigenvalue weighted by atomic mass is 9.92. The number of benzene rings is 1. The topological polar surface area (TPSA) is 69.2 Å². The number of aromatic carboxylic acids is 1. The summed E-state index contributed by atoms with van der Waals surface area (Å²) in [5, 5.41) is 16.3. The smallest absolute Gasteiger partial charge is 0.335 e. The van der Waals surface area contributed by atoms with E-state index in [2.05, 4.69) is 41.9 Å². The van der Waals surface area contributed by atoms with Crippen LogP contribution in [-0.2, 0) is 18.5 Å². The van der Waals surface area contributed by atoms with Gasteiger partial charge in [-0.25, -0.2) is 4.79 Å². The quantitative estimate of drug-likeness (QED) is 0.890. The fourth-order valence-electron chi connectivity index (χ4n) is 2.24. The van der Waals surface area contributed by atoms with Crippen LogP contribution in [0.3, 0.4) is 0 Å². The van der Waals surface area contributed by atoms with Gasteiger partial charge in [-0.15, -0.1) is 0 Å². The molecule has 0 fully saturated rings. The van der Waals surface area contributed by atoms with E-state index in [0.717, 1.165) is 30.0 Å². The minimum Gasteiger partial charge on any atom is -0.478 e. The molecule has 0 aliphatic rings. The van der Waals surface area contributed by atoms with Gasteiger partial charge in [-0.3, -0.25) is 10.00 Å². The van der Waals surface area contributed by atoms with Crippen LogP contribution in [0.25, 0.3) is 0 Å². The Balaban J connectivity index is 1.96. The van der Waals surface area contributed by atoms with Crippen LogP contribution in [0.2, 0.25) is 0 Å². The first-order valence-electron chi connectivity index (χ1n) is 7.31. The maximum absolute atomic E-state index is 10.8. The van der Waals surface area contributed by atoms with Gasteiger partial charge >= 0.3 is 5.97 Å². The van der Waals surface area contributed by atoms with Crippen LogP contribution in [-0.4, -0.2) is 33.2 Å². The summed E-state index contributed by atoms with van der Waals surface area (Å²) in [4.78, 5) is 13.0. The summed E-state index contributed by atoms with van der Waals surface area (Å²) in [6.45, 7) is 7.94. The van der Waals surface area contributed by atoms with Gasteiger partial charge in [0, 0.05) is 24.2 Å². The molecule has 0 saturated heterocycles. The van der Waals surface area contributed by atoms with Gasteiger partial charge < -0.3 is 5.11 Å². The molecule has 0 saturated carbocycles. The van der Waals surface area contributed by atoms with E-state index in [4.69, 9.17) is 5.11 Å². The first-order chi connectivity index (χ1) is 10.3. The molecular formula is C17H23N3O2. The van der Waals surface area contributed by atoms with Crippen LogP contribution in [0, 0.1) is 0 Å². The second kappa shape index (κ2) is 6.32. The van der Waals surface area contributed by atoms with E-state index in [-0.39, 0.29) is 5.41 Å². The van der Waals surface area contributed by atoms with Crippen molar-refractivity contribution in [1.29, 1.82) is 0 Å². The molecule has 1 aromatic heterocycles. The fraction of sp³-hybridized carbons (Fsp3) is 0.412. The number of carboxylic acid groups (broad SMARTS) is 1. The molecule has 0 amide bonds. The zero-order valence-electron chi connectivity index (χ0n) is 13.6. The average Bonchev–Trinajstić information content (AvgIpc) is 2.87. The number of nitrogens with zero attached hydrogens (tertiary/aromatic N) is 2. The third-order valence-corrected chi connectivity index (χ3v) is 3.49. The maximum Gasteiger partial charge on any atom is 0.335 e. The first-order valence-corrected chi connectivity index (χ1v) is 7.31. The summed E-state index contributed by atoms with van der Waals surface area (Å²) >= 11 is 0. The van der Waals surface area contributed by atoms with Crippen LogP contribution in [0.1, 0.15) is 48.1 Å². The number of hydrogen-bond acceptors (Lipinski definition) is 3. The molecule has 1 aromatic carbocycles. The molecule has 5 heteroatoms. The SMILES string of the molecule is CN(Cc1ccc(C(=O)O)cc1)Cc1cc(C(C)(C)C)n[nH]1. The Hall–Kier alpha value is -2.14. The Morgan fingerprint density at radius 1 is 1.23 bits per heavy atom. The van der Waals surface area contributed by atoms with Crippen molar-refractivity contribution < 1.29 is 9.90 Å². The van der Waals surface area contributed by atoms with E-state index < -0.39 is 5.97 Å². The van der Waals surface area contributed by atoms with Crippen molar-refractivity contribution in [1.82, 2.24) is 15.1 Å². The molecule has 118 valence electrons. The van der Waals surface area contributed by atoms with Crippen LogP contribution < -0.4 is 0 Å². The molecule has 0 bridgehead atoms. The predicted octanol–water partition coefficient (Wildman–Crippen LogP) is 3.04. The number of nitrogens with one attached hydrogen (secondary N) is 1. The van der Waals surface area contributed by atoms with Crippen molar-refractivity contribution in [3.8, 4) is 0 Å². The number of carbonyl (C=O) groups is 1.